The second kappa shape index (κ2) is 9.96. The van der Waals surface area contributed by atoms with Crippen LogP contribution in [0.3, 0.4) is 0 Å². The van der Waals surface area contributed by atoms with Gasteiger partial charge in [0.1, 0.15) is 0 Å². The summed E-state index contributed by atoms with van der Waals surface area (Å²) in [5.74, 6) is 0.761. The largest absolute Gasteiger partial charge is 0.493 e. The molecule has 0 unspecified atom stereocenters. The van der Waals surface area contributed by atoms with E-state index in [9.17, 15) is 13.2 Å². The monoisotopic (exact) mass is 440 g/mol. The molecule has 1 amide bonds. The molecule has 0 heterocycles. The Hall–Kier alpha value is -2.29. The minimum Gasteiger partial charge on any atom is -0.493 e. The highest BCUT2D eigenvalue weighted by molar-refractivity contribution is 7.89. The van der Waals surface area contributed by atoms with Gasteiger partial charge in [0.15, 0.2) is 11.5 Å². The molecule has 29 heavy (non-hydrogen) atoms. The van der Waals surface area contributed by atoms with E-state index >= 15 is 0 Å². The number of nitrogens with one attached hydrogen (secondary N) is 2. The third kappa shape index (κ3) is 6.09. The fraction of sp³-hybridized carbons (Fsp3) is 0.350. The lowest BCUT2D eigenvalue weighted by Crippen LogP contribution is -2.41. The lowest BCUT2D eigenvalue weighted by molar-refractivity contribution is 0.0944. The molecule has 0 spiro atoms. The number of hydrogen-bond donors (Lipinski definition) is 2. The van der Waals surface area contributed by atoms with Gasteiger partial charge in [-0.2, -0.15) is 0 Å². The van der Waals surface area contributed by atoms with Crippen LogP contribution in [0.15, 0.2) is 41.3 Å². The molecule has 0 aliphatic heterocycles. The van der Waals surface area contributed by atoms with Crippen molar-refractivity contribution in [2.45, 2.75) is 32.1 Å². The molecular weight excluding hydrogens is 416 g/mol. The lowest BCUT2D eigenvalue weighted by atomic mass is 10.1. The van der Waals surface area contributed by atoms with Crippen LogP contribution in [0.4, 0.5) is 0 Å². The Labute approximate surface area is 176 Å². The van der Waals surface area contributed by atoms with Gasteiger partial charge in [-0.25, -0.2) is 8.42 Å². The number of carbonyl (C=O) groups excluding carboxylic acids is 1. The maximum absolute atomic E-state index is 12.5. The van der Waals surface area contributed by atoms with Gasteiger partial charge in [0.25, 0.3) is 15.9 Å². The first kappa shape index (κ1) is 23.0. The van der Waals surface area contributed by atoms with Gasteiger partial charge in [-0.3, -0.25) is 10.2 Å². The fourth-order valence-corrected chi connectivity index (χ4v) is 3.79. The van der Waals surface area contributed by atoms with E-state index in [4.69, 9.17) is 21.1 Å². The molecular formula is C20H25ClN2O5S. The summed E-state index contributed by atoms with van der Waals surface area (Å²) in [5, 5.41) is 0.317. The van der Waals surface area contributed by atoms with Crippen molar-refractivity contribution in [3.8, 4) is 11.5 Å². The Bertz CT molecular complexity index is 977. The van der Waals surface area contributed by atoms with Crippen LogP contribution in [0.5, 0.6) is 11.5 Å². The van der Waals surface area contributed by atoms with Gasteiger partial charge in [-0.15, -0.1) is 4.83 Å². The molecule has 0 fully saturated rings. The van der Waals surface area contributed by atoms with E-state index in [-0.39, 0.29) is 10.5 Å². The average molecular weight is 441 g/mol. The summed E-state index contributed by atoms with van der Waals surface area (Å²) >= 11 is 5.97. The molecule has 9 heteroatoms. The van der Waals surface area contributed by atoms with Gasteiger partial charge in [-0.1, -0.05) is 31.5 Å². The molecule has 0 aliphatic rings. The van der Waals surface area contributed by atoms with Gasteiger partial charge in [0.2, 0.25) is 0 Å². The maximum Gasteiger partial charge on any atom is 0.266 e. The van der Waals surface area contributed by atoms with E-state index in [0.29, 0.717) is 34.6 Å². The SMILES string of the molecule is COc1cc(C(=O)NNS(=O)(=O)c2cccc(Cl)c2C)ccc1OCCC(C)C. The fourth-order valence-electron chi connectivity index (χ4n) is 2.45. The normalized spacial score (nSPS) is 11.4. The first-order valence-electron chi connectivity index (χ1n) is 9.03. The van der Waals surface area contributed by atoms with Crippen LogP contribution in [-0.2, 0) is 10.0 Å². The number of carbonyl (C=O) groups is 1. The van der Waals surface area contributed by atoms with Gasteiger partial charge in [0.05, 0.1) is 18.6 Å². The van der Waals surface area contributed by atoms with Crippen LogP contribution in [0.1, 0.15) is 36.2 Å². The van der Waals surface area contributed by atoms with E-state index in [1.807, 2.05) is 0 Å². The van der Waals surface area contributed by atoms with Crippen molar-refractivity contribution < 1.29 is 22.7 Å². The van der Waals surface area contributed by atoms with Crippen molar-refractivity contribution in [3.63, 3.8) is 0 Å². The van der Waals surface area contributed by atoms with E-state index in [1.165, 1.54) is 31.4 Å². The first-order chi connectivity index (χ1) is 13.7. The van der Waals surface area contributed by atoms with Crippen LogP contribution in [0.25, 0.3) is 0 Å². The smallest absolute Gasteiger partial charge is 0.266 e. The third-order valence-corrected chi connectivity index (χ3v) is 5.99. The van der Waals surface area contributed by atoms with E-state index in [1.54, 1.807) is 19.1 Å². The van der Waals surface area contributed by atoms with Crippen molar-refractivity contribution in [2.24, 2.45) is 5.92 Å². The van der Waals surface area contributed by atoms with Crippen molar-refractivity contribution >= 4 is 27.5 Å². The standard InChI is InChI=1S/C20H25ClN2O5S/c1-13(2)10-11-28-17-9-8-15(12-18(17)27-4)20(24)22-23-29(25,26)19-7-5-6-16(21)14(19)3/h5-9,12-13,23H,10-11H2,1-4H3,(H,22,24). The van der Waals surface area contributed by atoms with E-state index in [0.717, 1.165) is 6.42 Å². The molecule has 0 saturated carbocycles. The summed E-state index contributed by atoms with van der Waals surface area (Å²) in [5.41, 5.74) is 2.80. The Morgan fingerprint density at radius 1 is 1.17 bits per heavy atom. The van der Waals surface area contributed by atoms with E-state index in [2.05, 4.69) is 24.1 Å². The zero-order chi connectivity index (χ0) is 21.6. The number of halogens is 1. The Morgan fingerprint density at radius 3 is 2.55 bits per heavy atom. The first-order valence-corrected chi connectivity index (χ1v) is 10.9. The maximum atomic E-state index is 12.5. The van der Waals surface area contributed by atoms with Crippen molar-refractivity contribution in [1.29, 1.82) is 0 Å². The molecule has 0 aliphatic carbocycles. The molecule has 0 radical (unpaired) electrons. The zero-order valence-electron chi connectivity index (χ0n) is 16.8. The number of sulfonamides is 1. The number of ether oxygens (including phenoxy) is 2. The molecule has 0 bridgehead atoms. The molecule has 0 saturated heterocycles. The summed E-state index contributed by atoms with van der Waals surface area (Å²) in [6.45, 7) is 6.31. The minimum absolute atomic E-state index is 0.0169. The Morgan fingerprint density at radius 2 is 1.90 bits per heavy atom. The van der Waals surface area contributed by atoms with Crippen LogP contribution < -0.4 is 19.7 Å². The minimum atomic E-state index is -3.98. The molecule has 0 atom stereocenters. The van der Waals surface area contributed by atoms with E-state index < -0.39 is 15.9 Å². The number of methoxy groups -OCH3 is 1. The second-order valence-electron chi connectivity index (χ2n) is 6.82. The molecule has 158 valence electrons. The number of benzene rings is 2. The van der Waals surface area contributed by atoms with Gasteiger partial charge in [0, 0.05) is 10.6 Å². The summed E-state index contributed by atoms with van der Waals surface area (Å²) in [4.78, 5) is 14.5. The average Bonchev–Trinajstić information content (AvgIpc) is 2.68. The molecule has 0 aromatic heterocycles. The number of rotatable bonds is 9. The highest BCUT2D eigenvalue weighted by Gasteiger charge is 2.20. The Balaban J connectivity index is 2.09. The predicted molar refractivity (Wildman–Crippen MR) is 112 cm³/mol. The topological polar surface area (TPSA) is 93.7 Å². The van der Waals surface area contributed by atoms with Crippen LogP contribution in [0, 0.1) is 12.8 Å². The van der Waals surface area contributed by atoms with Gasteiger partial charge >= 0.3 is 0 Å². The van der Waals surface area contributed by atoms with Crippen molar-refractivity contribution in [2.75, 3.05) is 13.7 Å². The van der Waals surface area contributed by atoms with Crippen LogP contribution in [-0.4, -0.2) is 28.0 Å². The molecule has 7 nitrogen and oxygen atoms in total. The molecule has 2 N–H and O–H groups in total. The zero-order valence-corrected chi connectivity index (χ0v) is 18.4. The Kier molecular flexibility index (Phi) is 7.89. The van der Waals surface area contributed by atoms with Crippen LogP contribution >= 0.6 is 11.6 Å². The van der Waals surface area contributed by atoms with Gasteiger partial charge < -0.3 is 9.47 Å². The molecule has 2 rings (SSSR count). The summed E-state index contributed by atoms with van der Waals surface area (Å²) in [6.07, 6.45) is 0.885. The summed E-state index contributed by atoms with van der Waals surface area (Å²) in [6, 6.07) is 9.15. The summed E-state index contributed by atoms with van der Waals surface area (Å²) < 4.78 is 35.9. The van der Waals surface area contributed by atoms with Crippen molar-refractivity contribution in [1.82, 2.24) is 10.3 Å². The molecule has 2 aromatic carbocycles. The van der Waals surface area contributed by atoms with Gasteiger partial charge in [-0.05, 0) is 55.2 Å². The lowest BCUT2D eigenvalue weighted by Gasteiger charge is -2.14. The highest BCUT2D eigenvalue weighted by Crippen LogP contribution is 2.28. The second-order valence-corrected chi connectivity index (χ2v) is 8.88. The van der Waals surface area contributed by atoms with Crippen LogP contribution in [0.2, 0.25) is 5.02 Å². The predicted octanol–water partition coefficient (Wildman–Crippen LogP) is 3.71. The van der Waals surface area contributed by atoms with Crippen molar-refractivity contribution in [3.05, 3.63) is 52.5 Å². The number of amides is 1. The highest BCUT2D eigenvalue weighted by atomic mass is 35.5. The quantitative estimate of drug-likeness (QED) is 0.580. The number of hydrazine groups is 1. The third-order valence-electron chi connectivity index (χ3n) is 4.19. The summed E-state index contributed by atoms with van der Waals surface area (Å²) in [7, 11) is -2.51. The molecule has 2 aromatic rings. The number of hydrogen-bond acceptors (Lipinski definition) is 5.